The molecular weight excluding hydrogens is 304 g/mol. The van der Waals surface area contributed by atoms with Crippen molar-refractivity contribution in [1.29, 1.82) is 0 Å². The van der Waals surface area contributed by atoms with Gasteiger partial charge in [-0.3, -0.25) is 9.67 Å². The van der Waals surface area contributed by atoms with E-state index in [2.05, 4.69) is 44.3 Å². The highest BCUT2D eigenvalue weighted by Crippen LogP contribution is 2.24. The molecule has 2 rings (SSSR count). The van der Waals surface area contributed by atoms with Gasteiger partial charge in [-0.1, -0.05) is 6.92 Å². The van der Waals surface area contributed by atoms with Gasteiger partial charge in [-0.25, -0.2) is 0 Å². The molecule has 0 amide bonds. The van der Waals surface area contributed by atoms with Crippen LogP contribution in [0.15, 0.2) is 35.1 Å². The summed E-state index contributed by atoms with van der Waals surface area (Å²) in [7, 11) is 1.98. The Labute approximate surface area is 122 Å². The lowest BCUT2D eigenvalue weighted by molar-refractivity contribution is 0.493. The number of pyridine rings is 1. The van der Waals surface area contributed by atoms with Crippen LogP contribution in [0.25, 0.3) is 0 Å². The van der Waals surface area contributed by atoms with Gasteiger partial charge in [0.05, 0.1) is 11.7 Å². The zero-order valence-corrected chi connectivity index (χ0v) is 12.9. The predicted octanol–water partition coefficient (Wildman–Crippen LogP) is 2.86. The highest BCUT2D eigenvalue weighted by molar-refractivity contribution is 9.10. The summed E-state index contributed by atoms with van der Waals surface area (Å²) in [4.78, 5) is 4.49. The Kier molecular flexibility index (Phi) is 5.10. The van der Waals surface area contributed by atoms with Crippen LogP contribution >= 0.6 is 15.9 Å². The molecule has 0 saturated heterocycles. The van der Waals surface area contributed by atoms with Crippen molar-refractivity contribution in [1.82, 2.24) is 20.1 Å². The summed E-state index contributed by atoms with van der Waals surface area (Å²) in [5.41, 5.74) is 2.32. The summed E-state index contributed by atoms with van der Waals surface area (Å²) < 4.78 is 2.99. The first-order chi connectivity index (χ1) is 9.22. The Bertz CT molecular complexity index is 524. The number of aryl methyl sites for hydroxylation is 2. The molecule has 0 bridgehead atoms. The fourth-order valence-electron chi connectivity index (χ4n) is 2.17. The molecule has 0 radical (unpaired) electrons. The van der Waals surface area contributed by atoms with Crippen molar-refractivity contribution >= 4 is 15.9 Å². The van der Waals surface area contributed by atoms with E-state index in [1.54, 1.807) is 0 Å². The average molecular weight is 323 g/mol. The summed E-state index contributed by atoms with van der Waals surface area (Å²) >= 11 is 3.58. The van der Waals surface area contributed by atoms with Crippen LogP contribution < -0.4 is 5.32 Å². The van der Waals surface area contributed by atoms with Gasteiger partial charge in [0.25, 0.3) is 0 Å². The van der Waals surface area contributed by atoms with Crippen LogP contribution in [-0.2, 0) is 13.5 Å². The normalized spacial score (nSPS) is 12.6. The van der Waals surface area contributed by atoms with Gasteiger partial charge >= 0.3 is 0 Å². The molecule has 1 N–H and O–H groups in total. The minimum atomic E-state index is 0.260. The van der Waals surface area contributed by atoms with Crippen LogP contribution in [0.5, 0.6) is 0 Å². The van der Waals surface area contributed by atoms with Crippen LogP contribution in [0.1, 0.15) is 30.8 Å². The molecule has 0 aliphatic heterocycles. The fraction of sp³-hybridized carbons (Fsp3) is 0.429. The summed E-state index contributed by atoms with van der Waals surface area (Å²) in [6, 6.07) is 6.31. The maximum atomic E-state index is 4.49. The van der Waals surface area contributed by atoms with Crippen molar-refractivity contribution in [2.45, 2.75) is 25.8 Å². The SMILES string of the molecule is CCNC(CCc1ccnn1C)c1ncccc1Br. The number of hydrogen-bond donors (Lipinski definition) is 1. The molecular formula is C14H19BrN4. The first-order valence-corrected chi connectivity index (χ1v) is 7.32. The van der Waals surface area contributed by atoms with Crippen LogP contribution in [0.2, 0.25) is 0 Å². The lowest BCUT2D eigenvalue weighted by Gasteiger charge is -2.18. The minimum Gasteiger partial charge on any atom is -0.309 e. The standard InChI is InChI=1S/C14H19BrN4/c1-3-16-13(14-12(15)5-4-9-17-14)7-6-11-8-10-18-19(11)2/h4-5,8-10,13,16H,3,6-7H2,1-2H3. The molecule has 0 aliphatic rings. The van der Waals surface area contributed by atoms with E-state index in [0.717, 1.165) is 29.6 Å². The number of rotatable bonds is 6. The summed E-state index contributed by atoms with van der Waals surface area (Å²) in [5, 5.41) is 7.70. The van der Waals surface area contributed by atoms with E-state index in [1.807, 2.05) is 36.3 Å². The highest BCUT2D eigenvalue weighted by atomic mass is 79.9. The van der Waals surface area contributed by atoms with Crippen molar-refractivity contribution < 1.29 is 0 Å². The summed E-state index contributed by atoms with van der Waals surface area (Å²) in [5.74, 6) is 0. The zero-order chi connectivity index (χ0) is 13.7. The molecule has 5 heteroatoms. The lowest BCUT2D eigenvalue weighted by atomic mass is 10.1. The second kappa shape index (κ2) is 6.82. The van der Waals surface area contributed by atoms with Crippen molar-refractivity contribution in [2.75, 3.05) is 6.54 Å². The van der Waals surface area contributed by atoms with Crippen LogP contribution in [0.3, 0.4) is 0 Å². The molecule has 4 nitrogen and oxygen atoms in total. The zero-order valence-electron chi connectivity index (χ0n) is 11.3. The van der Waals surface area contributed by atoms with Gasteiger partial charge in [0.15, 0.2) is 0 Å². The Morgan fingerprint density at radius 3 is 2.84 bits per heavy atom. The number of nitrogens with one attached hydrogen (secondary N) is 1. The van der Waals surface area contributed by atoms with Gasteiger partial charge in [-0.15, -0.1) is 0 Å². The van der Waals surface area contributed by atoms with Gasteiger partial charge in [-0.2, -0.15) is 5.10 Å². The summed E-state index contributed by atoms with van der Waals surface area (Å²) in [6.45, 7) is 3.05. The van der Waals surface area contributed by atoms with E-state index in [0.29, 0.717) is 0 Å². The van der Waals surface area contributed by atoms with Crippen molar-refractivity contribution in [3.63, 3.8) is 0 Å². The first-order valence-electron chi connectivity index (χ1n) is 6.53. The van der Waals surface area contributed by atoms with Crippen LogP contribution in [-0.4, -0.2) is 21.3 Å². The Morgan fingerprint density at radius 1 is 1.37 bits per heavy atom. The third-order valence-corrected chi connectivity index (χ3v) is 3.85. The first kappa shape index (κ1) is 14.2. The predicted molar refractivity (Wildman–Crippen MR) is 79.9 cm³/mol. The van der Waals surface area contributed by atoms with Gasteiger partial charge in [-0.05, 0) is 53.5 Å². The van der Waals surface area contributed by atoms with E-state index < -0.39 is 0 Å². The second-order valence-electron chi connectivity index (χ2n) is 4.47. The average Bonchev–Trinajstić information content (AvgIpc) is 2.81. The lowest BCUT2D eigenvalue weighted by Crippen LogP contribution is -2.23. The number of halogens is 1. The van der Waals surface area contributed by atoms with E-state index in [9.17, 15) is 0 Å². The molecule has 102 valence electrons. The third kappa shape index (κ3) is 3.64. The molecule has 0 aliphatic carbocycles. The maximum absolute atomic E-state index is 4.49. The molecule has 0 saturated carbocycles. The van der Waals surface area contributed by atoms with Gasteiger partial charge < -0.3 is 5.32 Å². The Balaban J connectivity index is 2.09. The topological polar surface area (TPSA) is 42.7 Å². The monoisotopic (exact) mass is 322 g/mol. The van der Waals surface area contributed by atoms with Gasteiger partial charge in [0.1, 0.15) is 0 Å². The van der Waals surface area contributed by atoms with Gasteiger partial charge in [0, 0.05) is 29.6 Å². The van der Waals surface area contributed by atoms with E-state index >= 15 is 0 Å². The van der Waals surface area contributed by atoms with Crippen molar-refractivity contribution in [3.05, 3.63) is 46.5 Å². The molecule has 0 spiro atoms. The number of hydrogen-bond acceptors (Lipinski definition) is 3. The number of aromatic nitrogens is 3. The Morgan fingerprint density at radius 2 is 2.21 bits per heavy atom. The van der Waals surface area contributed by atoms with E-state index in [-0.39, 0.29) is 6.04 Å². The van der Waals surface area contributed by atoms with E-state index in [4.69, 9.17) is 0 Å². The Hall–Kier alpha value is -1.20. The van der Waals surface area contributed by atoms with Crippen LogP contribution in [0, 0.1) is 0 Å². The molecule has 2 aromatic rings. The second-order valence-corrected chi connectivity index (χ2v) is 5.32. The summed E-state index contributed by atoms with van der Waals surface area (Å²) in [6.07, 6.45) is 5.67. The fourth-order valence-corrected chi connectivity index (χ4v) is 2.71. The molecule has 1 atom stereocenters. The molecule has 0 fully saturated rings. The smallest absolute Gasteiger partial charge is 0.0714 e. The quantitative estimate of drug-likeness (QED) is 0.889. The molecule has 2 heterocycles. The minimum absolute atomic E-state index is 0.260. The maximum Gasteiger partial charge on any atom is 0.0714 e. The van der Waals surface area contributed by atoms with Crippen molar-refractivity contribution in [3.8, 4) is 0 Å². The van der Waals surface area contributed by atoms with Gasteiger partial charge in [0.2, 0.25) is 0 Å². The van der Waals surface area contributed by atoms with E-state index in [1.165, 1.54) is 5.69 Å². The largest absolute Gasteiger partial charge is 0.309 e. The molecule has 2 aromatic heterocycles. The molecule has 19 heavy (non-hydrogen) atoms. The van der Waals surface area contributed by atoms with Crippen molar-refractivity contribution in [2.24, 2.45) is 7.05 Å². The number of nitrogens with zero attached hydrogens (tertiary/aromatic N) is 3. The molecule has 0 aromatic carbocycles. The van der Waals surface area contributed by atoms with Crippen LogP contribution in [0.4, 0.5) is 0 Å². The third-order valence-electron chi connectivity index (χ3n) is 3.18. The highest BCUT2D eigenvalue weighted by Gasteiger charge is 2.15. The molecule has 1 unspecified atom stereocenters.